The van der Waals surface area contributed by atoms with Gasteiger partial charge in [0.15, 0.2) is 5.69 Å². The molecular formula is C32H42N4O10. The van der Waals surface area contributed by atoms with Crippen LogP contribution >= 0.6 is 0 Å². The number of oxime groups is 1. The summed E-state index contributed by atoms with van der Waals surface area (Å²) in [7, 11) is 0. The third-order valence-electron chi connectivity index (χ3n) is 9.08. The molecule has 0 unspecified atom stereocenters. The largest absolute Gasteiger partial charge is 0.508 e. The van der Waals surface area contributed by atoms with E-state index in [-0.39, 0.29) is 43.0 Å². The van der Waals surface area contributed by atoms with Crippen LogP contribution in [0.1, 0.15) is 104 Å². The molecular weight excluding hydrogens is 600 g/mol. The minimum atomic E-state index is -2.15. The number of aliphatic hydroxyl groups excluding tert-OH is 2. The van der Waals surface area contributed by atoms with Crippen molar-refractivity contribution in [2.45, 2.75) is 89.1 Å². The molecule has 14 heteroatoms. The highest BCUT2D eigenvalue weighted by Crippen LogP contribution is 2.62. The molecule has 6 atom stereocenters. The lowest BCUT2D eigenvalue weighted by molar-refractivity contribution is -0.225. The summed E-state index contributed by atoms with van der Waals surface area (Å²) < 4.78 is 7.29. The molecule has 0 spiro atoms. The fourth-order valence-corrected chi connectivity index (χ4v) is 7.26. The SMILES string of the molecule is CC(C)(C)ON=C1C[C@H](n2nnc(C(=O)O)c2C(=O)O)[C@@]2(O)Oc3ccc(O)cc3[C@H]3[C@H](CCCCO)[C@@H](CCCCO)C=C1[C@H]32. The van der Waals surface area contributed by atoms with E-state index < -0.39 is 52.6 Å². The summed E-state index contributed by atoms with van der Waals surface area (Å²) in [4.78, 5) is 30.3. The van der Waals surface area contributed by atoms with Crippen LogP contribution in [0.4, 0.5) is 0 Å². The van der Waals surface area contributed by atoms with Crippen LogP contribution in [0, 0.1) is 17.8 Å². The van der Waals surface area contributed by atoms with Gasteiger partial charge >= 0.3 is 11.9 Å². The van der Waals surface area contributed by atoms with E-state index in [1.165, 1.54) is 6.07 Å². The second-order valence-corrected chi connectivity index (χ2v) is 13.3. The van der Waals surface area contributed by atoms with Crippen molar-refractivity contribution in [3.05, 3.63) is 46.8 Å². The molecule has 0 bridgehead atoms. The summed E-state index contributed by atoms with van der Waals surface area (Å²) in [5, 5.41) is 74.4. The number of fused-ring (bicyclic) bond motifs is 2. The topological polar surface area (TPSA) is 217 Å². The molecule has 46 heavy (non-hydrogen) atoms. The number of carboxylic acid groups (broad SMARTS) is 2. The number of carbonyl (C=O) groups is 2. The molecule has 0 radical (unpaired) electrons. The Morgan fingerprint density at radius 1 is 1.09 bits per heavy atom. The summed E-state index contributed by atoms with van der Waals surface area (Å²) in [5.41, 5.74) is -0.490. The molecule has 14 nitrogen and oxygen atoms in total. The van der Waals surface area contributed by atoms with Gasteiger partial charge in [-0.25, -0.2) is 14.3 Å². The van der Waals surface area contributed by atoms with Crippen molar-refractivity contribution < 1.29 is 49.8 Å². The van der Waals surface area contributed by atoms with E-state index in [1.54, 1.807) is 12.1 Å². The number of aromatic nitrogens is 3. The lowest BCUT2D eigenvalue weighted by atomic mass is 9.55. The van der Waals surface area contributed by atoms with Crippen molar-refractivity contribution in [2.75, 3.05) is 13.2 Å². The molecule has 6 N–H and O–H groups in total. The molecule has 1 aromatic carbocycles. The van der Waals surface area contributed by atoms with Gasteiger partial charge in [-0.3, -0.25) is 0 Å². The van der Waals surface area contributed by atoms with E-state index in [0.717, 1.165) is 17.5 Å². The third-order valence-corrected chi connectivity index (χ3v) is 9.08. The van der Waals surface area contributed by atoms with E-state index in [0.29, 0.717) is 42.5 Å². The standard InChI is InChI=1S/C32H42N4O10/c1-31(2,3)46-34-22-16-24(36-28(30(42)43)27(29(40)41)33-35-36)32(44)26-20(22)14-17(8-4-6-12-37)19(9-5-7-13-38)25(26)21-15-18(39)10-11-23(21)45-32/h10-11,14-15,17,19,24-26,37-39,44H,4-9,12-13,16H2,1-3H3,(H,40,41)(H,42,43)/t17-,19+,24-,25+,26+,32+/m0/s1. The van der Waals surface area contributed by atoms with Crippen LogP contribution in [0.25, 0.3) is 0 Å². The molecule has 5 rings (SSSR count). The summed E-state index contributed by atoms with van der Waals surface area (Å²) in [6, 6.07) is 3.30. The number of nitrogens with zero attached hydrogens (tertiary/aromatic N) is 4. The quantitative estimate of drug-likeness (QED) is 0.145. The second-order valence-electron chi connectivity index (χ2n) is 13.3. The summed E-state index contributed by atoms with van der Waals surface area (Å²) >= 11 is 0. The monoisotopic (exact) mass is 642 g/mol. The van der Waals surface area contributed by atoms with Crippen LogP contribution in [0.15, 0.2) is 35.0 Å². The zero-order chi connectivity index (χ0) is 33.4. The van der Waals surface area contributed by atoms with Crippen molar-refractivity contribution >= 4 is 17.7 Å². The molecule has 3 aliphatic rings. The fourth-order valence-electron chi connectivity index (χ4n) is 7.26. The molecule has 0 amide bonds. The predicted octanol–water partition coefficient (Wildman–Crippen LogP) is 3.47. The first-order chi connectivity index (χ1) is 21.8. The van der Waals surface area contributed by atoms with Gasteiger partial charge < -0.3 is 40.2 Å². The normalized spacial score (nSPS) is 27.7. The number of ether oxygens (including phenoxy) is 1. The first-order valence-corrected chi connectivity index (χ1v) is 15.7. The van der Waals surface area contributed by atoms with Gasteiger partial charge in [0, 0.05) is 31.1 Å². The van der Waals surface area contributed by atoms with Gasteiger partial charge in [0.1, 0.15) is 23.1 Å². The first kappa shape index (κ1) is 33.4. The Balaban J connectivity index is 1.77. The van der Waals surface area contributed by atoms with Gasteiger partial charge in [-0.1, -0.05) is 29.3 Å². The molecule has 250 valence electrons. The maximum atomic E-state index is 12.8. The fraction of sp³-hybridized carbons (Fsp3) is 0.594. The zero-order valence-corrected chi connectivity index (χ0v) is 26.2. The number of phenols is 1. The highest BCUT2D eigenvalue weighted by Gasteiger charge is 2.64. The molecule has 1 saturated carbocycles. The Morgan fingerprint density at radius 2 is 1.78 bits per heavy atom. The van der Waals surface area contributed by atoms with Gasteiger partial charge in [0.2, 0.25) is 11.5 Å². The van der Waals surface area contributed by atoms with E-state index in [1.807, 2.05) is 20.8 Å². The van der Waals surface area contributed by atoms with Crippen molar-refractivity contribution in [1.82, 2.24) is 15.0 Å². The number of aromatic hydroxyl groups is 1. The smallest absolute Gasteiger partial charge is 0.359 e. The minimum absolute atomic E-state index is 0.00249. The Morgan fingerprint density at radius 3 is 2.41 bits per heavy atom. The Kier molecular flexibility index (Phi) is 9.43. The molecule has 2 aliphatic carbocycles. The van der Waals surface area contributed by atoms with Crippen molar-refractivity contribution in [2.24, 2.45) is 22.9 Å². The van der Waals surface area contributed by atoms with Crippen LogP contribution in [0.3, 0.4) is 0 Å². The lowest BCUT2D eigenvalue weighted by Crippen LogP contribution is -2.62. The number of aromatic carboxylic acids is 2. The van der Waals surface area contributed by atoms with Crippen molar-refractivity contribution in [3.63, 3.8) is 0 Å². The highest BCUT2D eigenvalue weighted by atomic mass is 16.6. The van der Waals surface area contributed by atoms with Crippen molar-refractivity contribution in [3.8, 4) is 11.5 Å². The summed E-state index contributed by atoms with van der Waals surface area (Å²) in [6.45, 7) is 5.53. The molecule has 1 fully saturated rings. The Bertz CT molecular complexity index is 1530. The second kappa shape index (κ2) is 13.0. The maximum Gasteiger partial charge on any atom is 0.359 e. The van der Waals surface area contributed by atoms with Gasteiger partial charge in [0.25, 0.3) is 0 Å². The van der Waals surface area contributed by atoms with Crippen LogP contribution in [-0.2, 0) is 4.84 Å². The number of allylic oxidation sites excluding steroid dienone is 1. The Hall–Kier alpha value is -4.01. The molecule has 2 aromatic rings. The number of unbranched alkanes of at least 4 members (excludes halogenated alkanes) is 2. The third kappa shape index (κ3) is 6.20. The van der Waals surface area contributed by atoms with Crippen LogP contribution in [0.2, 0.25) is 0 Å². The van der Waals surface area contributed by atoms with Gasteiger partial charge in [-0.15, -0.1) is 5.10 Å². The number of phenolic OH excluding ortho intramolecular Hbond substituents is 1. The number of rotatable bonds is 12. The zero-order valence-electron chi connectivity index (χ0n) is 26.2. The lowest BCUT2D eigenvalue weighted by Gasteiger charge is -2.56. The van der Waals surface area contributed by atoms with E-state index in [4.69, 9.17) is 9.57 Å². The van der Waals surface area contributed by atoms with Crippen LogP contribution in [-0.4, -0.2) is 87.9 Å². The molecule has 1 aromatic heterocycles. The number of carboxylic acids is 2. The van der Waals surface area contributed by atoms with Gasteiger partial charge in [-0.05, 0) is 82.1 Å². The highest BCUT2D eigenvalue weighted by molar-refractivity contribution is 6.03. The average Bonchev–Trinajstić information content (AvgIpc) is 3.43. The minimum Gasteiger partial charge on any atom is -0.508 e. The van der Waals surface area contributed by atoms with Crippen LogP contribution in [0.5, 0.6) is 11.5 Å². The van der Waals surface area contributed by atoms with E-state index in [2.05, 4.69) is 21.5 Å². The van der Waals surface area contributed by atoms with Gasteiger partial charge in [-0.2, -0.15) is 0 Å². The average molecular weight is 643 g/mol. The first-order valence-electron chi connectivity index (χ1n) is 15.7. The molecule has 0 saturated heterocycles. The van der Waals surface area contributed by atoms with E-state index >= 15 is 0 Å². The van der Waals surface area contributed by atoms with Crippen molar-refractivity contribution in [1.29, 1.82) is 0 Å². The number of aliphatic hydroxyl groups is 3. The molecule has 1 aliphatic heterocycles. The van der Waals surface area contributed by atoms with E-state index in [9.17, 15) is 40.2 Å². The number of hydrogen-bond donors (Lipinski definition) is 6. The van der Waals surface area contributed by atoms with Gasteiger partial charge in [0.05, 0.1) is 11.6 Å². The van der Waals surface area contributed by atoms with Crippen LogP contribution < -0.4 is 4.74 Å². The number of benzene rings is 1. The summed E-state index contributed by atoms with van der Waals surface area (Å²) in [5.74, 6) is -6.56. The maximum absolute atomic E-state index is 12.8. The Labute approximate surface area is 266 Å². The molecule has 2 heterocycles. The predicted molar refractivity (Wildman–Crippen MR) is 163 cm³/mol. The number of hydrogen-bond acceptors (Lipinski definition) is 11. The summed E-state index contributed by atoms with van der Waals surface area (Å²) in [6.07, 6.45) is 5.90.